The summed E-state index contributed by atoms with van der Waals surface area (Å²) in [5.41, 5.74) is 3.65. The van der Waals surface area contributed by atoms with Crippen molar-refractivity contribution in [2.24, 2.45) is 0 Å². The number of hydrogen-bond donors (Lipinski definition) is 1. The average molecular weight is 358 g/mol. The van der Waals surface area contributed by atoms with Crippen LogP contribution in [0.15, 0.2) is 77.2 Å². The van der Waals surface area contributed by atoms with Crippen LogP contribution >= 0.6 is 0 Å². The molecule has 0 unspecified atom stereocenters. The lowest BCUT2D eigenvalue weighted by Crippen LogP contribution is -1.99. The van der Waals surface area contributed by atoms with Gasteiger partial charge in [0.15, 0.2) is 0 Å². The zero-order valence-electron chi connectivity index (χ0n) is 14.8. The van der Waals surface area contributed by atoms with Gasteiger partial charge in [-0.05, 0) is 36.2 Å². The van der Waals surface area contributed by atoms with Gasteiger partial charge in [0.25, 0.3) is 0 Å². The predicted octanol–water partition coefficient (Wildman–Crippen LogP) is 5.69. The predicted molar refractivity (Wildman–Crippen MR) is 104 cm³/mol. The molecule has 27 heavy (non-hydrogen) atoms. The van der Waals surface area contributed by atoms with Crippen LogP contribution in [0.2, 0.25) is 0 Å². The molecule has 1 heterocycles. The van der Waals surface area contributed by atoms with Crippen LogP contribution in [0.3, 0.4) is 0 Å². The number of rotatable bonds is 5. The van der Waals surface area contributed by atoms with Crippen LogP contribution in [0.1, 0.15) is 21.5 Å². The Kier molecular flexibility index (Phi) is 4.38. The monoisotopic (exact) mass is 358 g/mol. The van der Waals surface area contributed by atoms with Crippen LogP contribution in [0, 0.1) is 6.92 Å². The maximum Gasteiger partial charge on any atom is 0.340 e. The average Bonchev–Trinajstić information content (AvgIpc) is 3.07. The van der Waals surface area contributed by atoms with E-state index in [-0.39, 0.29) is 5.56 Å². The zero-order chi connectivity index (χ0) is 18.8. The number of fused-ring (bicyclic) bond motifs is 1. The van der Waals surface area contributed by atoms with Crippen LogP contribution in [-0.2, 0) is 6.61 Å². The summed E-state index contributed by atoms with van der Waals surface area (Å²) in [7, 11) is 0. The molecule has 0 aliphatic heterocycles. The third-order valence-corrected chi connectivity index (χ3v) is 4.56. The third kappa shape index (κ3) is 3.29. The molecular weight excluding hydrogens is 340 g/mol. The molecule has 3 aromatic carbocycles. The second kappa shape index (κ2) is 7.00. The van der Waals surface area contributed by atoms with Gasteiger partial charge in [-0.2, -0.15) is 0 Å². The number of carboxylic acid groups (broad SMARTS) is 1. The maximum atomic E-state index is 11.9. The zero-order valence-corrected chi connectivity index (χ0v) is 14.8. The highest BCUT2D eigenvalue weighted by Gasteiger charge is 2.22. The molecule has 0 spiro atoms. The van der Waals surface area contributed by atoms with Gasteiger partial charge in [-0.3, -0.25) is 0 Å². The quantitative estimate of drug-likeness (QED) is 0.498. The summed E-state index contributed by atoms with van der Waals surface area (Å²) in [6.07, 6.45) is 0. The van der Waals surface area contributed by atoms with E-state index in [0.717, 1.165) is 16.7 Å². The van der Waals surface area contributed by atoms with Crippen LogP contribution in [0.4, 0.5) is 0 Å². The first-order chi connectivity index (χ1) is 13.1. The number of hydrogen-bond acceptors (Lipinski definition) is 3. The van der Waals surface area contributed by atoms with Gasteiger partial charge in [-0.15, -0.1) is 0 Å². The highest BCUT2D eigenvalue weighted by molar-refractivity contribution is 6.08. The lowest BCUT2D eigenvalue weighted by molar-refractivity contribution is 0.0699. The van der Waals surface area contributed by atoms with Crippen LogP contribution in [0.5, 0.6) is 5.75 Å². The fourth-order valence-corrected chi connectivity index (χ4v) is 3.10. The molecule has 4 nitrogen and oxygen atoms in total. The van der Waals surface area contributed by atoms with Gasteiger partial charge in [0.2, 0.25) is 0 Å². The molecule has 0 radical (unpaired) electrons. The summed E-state index contributed by atoms with van der Waals surface area (Å²) in [4.78, 5) is 11.9. The smallest absolute Gasteiger partial charge is 0.340 e. The fourth-order valence-electron chi connectivity index (χ4n) is 3.10. The highest BCUT2D eigenvalue weighted by Crippen LogP contribution is 2.35. The highest BCUT2D eigenvalue weighted by atomic mass is 16.5. The lowest BCUT2D eigenvalue weighted by Gasteiger charge is -2.08. The molecule has 4 rings (SSSR count). The Morgan fingerprint density at radius 2 is 1.74 bits per heavy atom. The minimum absolute atomic E-state index is 0.151. The summed E-state index contributed by atoms with van der Waals surface area (Å²) in [6, 6.07) is 22.5. The molecule has 0 saturated heterocycles. The molecule has 4 aromatic rings. The molecule has 0 fully saturated rings. The first-order valence-electron chi connectivity index (χ1n) is 8.66. The Morgan fingerprint density at radius 1 is 1.00 bits per heavy atom. The second-order valence-corrected chi connectivity index (χ2v) is 6.35. The first-order valence-corrected chi connectivity index (χ1v) is 8.66. The second-order valence-electron chi connectivity index (χ2n) is 6.35. The van der Waals surface area contributed by atoms with Gasteiger partial charge in [-0.25, -0.2) is 4.79 Å². The van der Waals surface area contributed by atoms with Crippen molar-refractivity contribution in [3.8, 4) is 17.1 Å². The minimum Gasteiger partial charge on any atom is -0.489 e. The van der Waals surface area contributed by atoms with Crippen LogP contribution < -0.4 is 4.74 Å². The largest absolute Gasteiger partial charge is 0.489 e. The van der Waals surface area contributed by atoms with Gasteiger partial charge < -0.3 is 14.3 Å². The summed E-state index contributed by atoms with van der Waals surface area (Å²) in [5, 5.41) is 10.3. The van der Waals surface area contributed by atoms with E-state index in [9.17, 15) is 9.90 Å². The minimum atomic E-state index is -1.02. The Morgan fingerprint density at radius 3 is 2.48 bits per heavy atom. The van der Waals surface area contributed by atoms with Gasteiger partial charge in [0, 0.05) is 10.9 Å². The van der Waals surface area contributed by atoms with E-state index in [2.05, 4.69) is 0 Å². The van der Waals surface area contributed by atoms with Crippen molar-refractivity contribution in [3.05, 3.63) is 89.5 Å². The Bertz CT molecular complexity index is 1110. The molecule has 0 amide bonds. The Hall–Kier alpha value is -3.53. The van der Waals surface area contributed by atoms with Gasteiger partial charge in [0.05, 0.1) is 0 Å². The van der Waals surface area contributed by atoms with Gasteiger partial charge in [0.1, 0.15) is 29.3 Å². The molecule has 1 N–H and O–H groups in total. The summed E-state index contributed by atoms with van der Waals surface area (Å²) in [6.45, 7) is 2.45. The maximum absolute atomic E-state index is 11.9. The first kappa shape index (κ1) is 16.9. The summed E-state index contributed by atoms with van der Waals surface area (Å²) in [5.74, 6) is -0.0634. The third-order valence-electron chi connectivity index (χ3n) is 4.56. The molecule has 0 atom stereocenters. The number of carbonyl (C=O) groups is 1. The number of furan rings is 1. The molecule has 0 saturated carbocycles. The Balaban J connectivity index is 1.72. The summed E-state index contributed by atoms with van der Waals surface area (Å²) < 4.78 is 11.7. The molecule has 0 aliphatic rings. The number of carboxylic acids is 1. The standard InChI is InChI=1S/C23H18O4/c1-15-7-5-6-10-17(15)14-26-18-11-12-20-19(13-18)21(23(24)25)22(27-20)16-8-3-2-4-9-16/h2-13H,14H2,1H3,(H,24,25). The molecule has 4 heteroatoms. The number of aromatic carboxylic acids is 1. The normalized spacial score (nSPS) is 10.9. The van der Waals surface area contributed by atoms with E-state index < -0.39 is 5.97 Å². The number of benzene rings is 3. The summed E-state index contributed by atoms with van der Waals surface area (Å²) >= 11 is 0. The van der Waals surface area contributed by atoms with E-state index in [1.807, 2.05) is 61.5 Å². The van der Waals surface area contributed by atoms with Crippen LogP contribution in [-0.4, -0.2) is 11.1 Å². The molecule has 0 bridgehead atoms. The fraction of sp³-hybridized carbons (Fsp3) is 0.0870. The van der Waals surface area contributed by atoms with Crippen molar-refractivity contribution in [2.75, 3.05) is 0 Å². The van der Waals surface area contributed by atoms with Crippen molar-refractivity contribution in [2.45, 2.75) is 13.5 Å². The number of ether oxygens (including phenoxy) is 1. The molecule has 0 aliphatic carbocycles. The Labute approximate surface area is 156 Å². The van der Waals surface area contributed by atoms with Crippen molar-refractivity contribution in [3.63, 3.8) is 0 Å². The molecular formula is C23H18O4. The van der Waals surface area contributed by atoms with E-state index in [1.165, 1.54) is 0 Å². The van der Waals surface area contributed by atoms with E-state index in [1.54, 1.807) is 18.2 Å². The number of aryl methyl sites for hydroxylation is 1. The van der Waals surface area contributed by atoms with Crippen molar-refractivity contribution >= 4 is 16.9 Å². The SMILES string of the molecule is Cc1ccccc1COc1ccc2oc(-c3ccccc3)c(C(=O)O)c2c1. The van der Waals surface area contributed by atoms with Gasteiger partial charge in [-0.1, -0.05) is 54.6 Å². The van der Waals surface area contributed by atoms with Crippen molar-refractivity contribution in [1.82, 2.24) is 0 Å². The van der Waals surface area contributed by atoms with E-state index in [0.29, 0.717) is 29.1 Å². The van der Waals surface area contributed by atoms with E-state index >= 15 is 0 Å². The molecule has 134 valence electrons. The van der Waals surface area contributed by atoms with Gasteiger partial charge >= 0.3 is 5.97 Å². The topological polar surface area (TPSA) is 59.7 Å². The van der Waals surface area contributed by atoms with Crippen molar-refractivity contribution < 1.29 is 19.1 Å². The lowest BCUT2D eigenvalue weighted by atomic mass is 10.1. The van der Waals surface area contributed by atoms with E-state index in [4.69, 9.17) is 9.15 Å². The molecule has 1 aromatic heterocycles. The van der Waals surface area contributed by atoms with Crippen molar-refractivity contribution in [1.29, 1.82) is 0 Å². The van der Waals surface area contributed by atoms with Crippen LogP contribution in [0.25, 0.3) is 22.3 Å².